The molecule has 1 fully saturated rings. The third-order valence-corrected chi connectivity index (χ3v) is 5.94. The fourth-order valence-corrected chi connectivity index (χ4v) is 4.22. The molecular weight excluding hydrogens is 417 g/mol. The van der Waals surface area contributed by atoms with Crippen LogP contribution in [0, 0.1) is 0 Å². The normalized spacial score (nSPS) is 17.7. The Morgan fingerprint density at radius 3 is 2.43 bits per heavy atom. The molecule has 1 aromatic carbocycles. The van der Waals surface area contributed by atoms with Crippen LogP contribution in [0.15, 0.2) is 36.5 Å². The Labute approximate surface area is 178 Å². The number of halogens is 4. The third-order valence-electron chi connectivity index (χ3n) is 5.66. The molecule has 2 aromatic rings. The molecule has 0 atom stereocenters. The fraction of sp³-hybridized carbons (Fsp3) is 0.429. The van der Waals surface area contributed by atoms with E-state index in [-0.39, 0.29) is 10.9 Å². The Hall–Kier alpha value is -2.32. The largest absolute Gasteiger partial charge is 0.417 e. The molecule has 1 saturated heterocycles. The summed E-state index contributed by atoms with van der Waals surface area (Å²) in [5.41, 5.74) is 1.64. The van der Waals surface area contributed by atoms with Crippen molar-refractivity contribution >= 4 is 23.3 Å². The standard InChI is InChI=1S/C21H22ClF3N4O/c22-18-11-17(21(23,24)25)12-26-20(18)28-9-7-27(8-10-28)14-19(30)29-6-5-15-3-1-2-4-16(15)13-29/h1-4,11-12H,5-10,13-14H2. The smallest absolute Gasteiger partial charge is 0.353 e. The maximum atomic E-state index is 12.8. The van der Waals surface area contributed by atoms with Gasteiger partial charge in [0.05, 0.1) is 17.1 Å². The topological polar surface area (TPSA) is 39.7 Å². The zero-order valence-corrected chi connectivity index (χ0v) is 17.1. The van der Waals surface area contributed by atoms with Crippen LogP contribution in [0.4, 0.5) is 19.0 Å². The number of amides is 1. The molecule has 2 aliphatic heterocycles. The molecule has 0 bridgehead atoms. The Bertz CT molecular complexity index is 929. The molecule has 160 valence electrons. The number of carbonyl (C=O) groups is 1. The van der Waals surface area contributed by atoms with Gasteiger partial charge in [-0.3, -0.25) is 9.69 Å². The molecule has 30 heavy (non-hydrogen) atoms. The van der Waals surface area contributed by atoms with Crippen molar-refractivity contribution in [1.82, 2.24) is 14.8 Å². The van der Waals surface area contributed by atoms with Crippen molar-refractivity contribution in [3.8, 4) is 0 Å². The molecule has 9 heteroatoms. The summed E-state index contributed by atoms with van der Waals surface area (Å²) in [6, 6.07) is 9.10. The van der Waals surface area contributed by atoms with Gasteiger partial charge in [-0.25, -0.2) is 4.98 Å². The Balaban J connectivity index is 1.31. The van der Waals surface area contributed by atoms with Crippen LogP contribution in [-0.2, 0) is 23.9 Å². The molecular formula is C21H22ClF3N4O. The number of fused-ring (bicyclic) bond motifs is 1. The first-order chi connectivity index (χ1) is 14.3. The molecule has 1 aromatic heterocycles. The fourth-order valence-electron chi connectivity index (χ4n) is 3.94. The number of hydrogen-bond donors (Lipinski definition) is 0. The zero-order valence-electron chi connectivity index (χ0n) is 16.3. The molecule has 0 N–H and O–H groups in total. The highest BCUT2D eigenvalue weighted by atomic mass is 35.5. The molecule has 5 nitrogen and oxygen atoms in total. The van der Waals surface area contributed by atoms with Crippen LogP contribution in [-0.4, -0.2) is 60.0 Å². The summed E-state index contributed by atoms with van der Waals surface area (Å²) in [5.74, 6) is 0.451. The Kier molecular flexibility index (Phi) is 5.88. The molecule has 0 radical (unpaired) electrons. The molecule has 4 rings (SSSR count). The summed E-state index contributed by atoms with van der Waals surface area (Å²) in [4.78, 5) is 22.5. The van der Waals surface area contributed by atoms with Gasteiger partial charge in [-0.1, -0.05) is 35.9 Å². The van der Waals surface area contributed by atoms with Gasteiger partial charge in [0, 0.05) is 45.5 Å². The second kappa shape index (κ2) is 8.43. The van der Waals surface area contributed by atoms with Gasteiger partial charge in [-0.15, -0.1) is 0 Å². The second-order valence-corrected chi connectivity index (χ2v) is 8.03. The van der Waals surface area contributed by atoms with Crippen molar-refractivity contribution in [3.05, 3.63) is 58.2 Å². The van der Waals surface area contributed by atoms with Crippen LogP contribution in [0.25, 0.3) is 0 Å². The number of anilines is 1. The number of alkyl halides is 3. The molecule has 2 aliphatic rings. The third kappa shape index (κ3) is 4.54. The number of nitrogens with zero attached hydrogens (tertiary/aromatic N) is 4. The van der Waals surface area contributed by atoms with Crippen molar-refractivity contribution in [1.29, 1.82) is 0 Å². The van der Waals surface area contributed by atoms with Gasteiger partial charge in [0.15, 0.2) is 0 Å². The van der Waals surface area contributed by atoms with E-state index in [1.165, 1.54) is 11.1 Å². The first-order valence-corrected chi connectivity index (χ1v) is 10.2. The molecule has 0 unspecified atom stereocenters. The average molecular weight is 439 g/mol. The van der Waals surface area contributed by atoms with Crippen LogP contribution in [0.2, 0.25) is 5.02 Å². The van der Waals surface area contributed by atoms with Crippen LogP contribution < -0.4 is 4.90 Å². The van der Waals surface area contributed by atoms with E-state index in [2.05, 4.69) is 22.0 Å². The summed E-state index contributed by atoms with van der Waals surface area (Å²) in [7, 11) is 0. The van der Waals surface area contributed by atoms with Gasteiger partial charge in [-0.2, -0.15) is 13.2 Å². The Morgan fingerprint density at radius 1 is 1.07 bits per heavy atom. The van der Waals surface area contributed by atoms with Crippen molar-refractivity contribution in [2.24, 2.45) is 0 Å². The van der Waals surface area contributed by atoms with Crippen LogP contribution in [0.3, 0.4) is 0 Å². The first-order valence-electron chi connectivity index (χ1n) is 9.86. The summed E-state index contributed by atoms with van der Waals surface area (Å²) in [6.07, 6.45) is -2.79. The molecule has 0 aliphatic carbocycles. The lowest BCUT2D eigenvalue weighted by Crippen LogP contribution is -2.50. The molecule has 1 amide bonds. The first kappa shape index (κ1) is 20.9. The van der Waals surface area contributed by atoms with Crippen LogP contribution in [0.1, 0.15) is 16.7 Å². The predicted octanol–water partition coefficient (Wildman–Crippen LogP) is 3.46. The maximum Gasteiger partial charge on any atom is 0.417 e. The van der Waals surface area contributed by atoms with Crippen molar-refractivity contribution < 1.29 is 18.0 Å². The van der Waals surface area contributed by atoms with Crippen molar-refractivity contribution in [2.45, 2.75) is 19.1 Å². The van der Waals surface area contributed by atoms with Gasteiger partial charge in [0.25, 0.3) is 0 Å². The van der Waals surface area contributed by atoms with Gasteiger partial charge >= 0.3 is 6.18 Å². The Morgan fingerprint density at radius 2 is 1.77 bits per heavy atom. The molecule has 0 spiro atoms. The van der Waals surface area contributed by atoms with Crippen molar-refractivity contribution in [2.75, 3.05) is 44.2 Å². The average Bonchev–Trinajstić information content (AvgIpc) is 2.73. The number of aromatic nitrogens is 1. The van der Waals surface area contributed by atoms with E-state index >= 15 is 0 Å². The van der Waals surface area contributed by atoms with E-state index in [1.54, 1.807) is 0 Å². The zero-order chi connectivity index (χ0) is 21.3. The number of carbonyl (C=O) groups excluding carboxylic acids is 1. The lowest BCUT2D eigenvalue weighted by atomic mass is 10.00. The second-order valence-electron chi connectivity index (χ2n) is 7.62. The number of rotatable bonds is 3. The monoisotopic (exact) mass is 438 g/mol. The van der Waals surface area contributed by atoms with Crippen LogP contribution >= 0.6 is 11.6 Å². The minimum absolute atomic E-state index is 0.0127. The van der Waals surface area contributed by atoms with E-state index in [4.69, 9.17) is 11.6 Å². The van der Waals surface area contributed by atoms with Crippen molar-refractivity contribution in [3.63, 3.8) is 0 Å². The number of hydrogen-bond acceptors (Lipinski definition) is 4. The summed E-state index contributed by atoms with van der Waals surface area (Å²) in [6.45, 7) is 4.04. The van der Waals surface area contributed by atoms with E-state index in [1.807, 2.05) is 21.9 Å². The SMILES string of the molecule is O=C(CN1CCN(c2ncc(C(F)(F)F)cc2Cl)CC1)N1CCc2ccccc2C1. The van der Waals surface area contributed by atoms with Gasteiger partial charge in [0.1, 0.15) is 5.82 Å². The highest BCUT2D eigenvalue weighted by molar-refractivity contribution is 6.33. The highest BCUT2D eigenvalue weighted by Gasteiger charge is 2.32. The minimum atomic E-state index is -4.47. The van der Waals surface area contributed by atoms with E-state index in [0.29, 0.717) is 45.1 Å². The lowest BCUT2D eigenvalue weighted by Gasteiger charge is -2.37. The number of benzene rings is 1. The summed E-state index contributed by atoms with van der Waals surface area (Å²) < 4.78 is 38.4. The summed E-state index contributed by atoms with van der Waals surface area (Å²) in [5, 5.41) is -0.0127. The maximum absolute atomic E-state index is 12.8. The number of piperazine rings is 1. The van der Waals surface area contributed by atoms with Gasteiger partial charge < -0.3 is 9.80 Å². The van der Waals surface area contributed by atoms with Gasteiger partial charge in [-0.05, 0) is 23.6 Å². The predicted molar refractivity (Wildman–Crippen MR) is 108 cm³/mol. The quantitative estimate of drug-likeness (QED) is 0.735. The minimum Gasteiger partial charge on any atom is -0.353 e. The summed E-state index contributed by atoms with van der Waals surface area (Å²) >= 11 is 6.05. The van der Waals surface area contributed by atoms with E-state index in [9.17, 15) is 18.0 Å². The van der Waals surface area contributed by atoms with Crippen LogP contribution in [0.5, 0.6) is 0 Å². The van der Waals surface area contributed by atoms with E-state index in [0.717, 1.165) is 25.2 Å². The van der Waals surface area contributed by atoms with E-state index < -0.39 is 11.7 Å². The molecule has 3 heterocycles. The lowest BCUT2D eigenvalue weighted by molar-refractivity contribution is -0.137. The number of pyridine rings is 1. The van der Waals surface area contributed by atoms with Gasteiger partial charge in [0.2, 0.25) is 5.91 Å². The molecule has 0 saturated carbocycles. The highest BCUT2D eigenvalue weighted by Crippen LogP contribution is 2.33.